The average Bonchev–Trinajstić information content (AvgIpc) is 2.86. The fourth-order valence-electron chi connectivity index (χ4n) is 3.99. The van der Waals surface area contributed by atoms with Crippen molar-refractivity contribution in [2.45, 2.75) is 43.0 Å². The summed E-state index contributed by atoms with van der Waals surface area (Å²) in [5.41, 5.74) is 4.66. The Kier molecular flexibility index (Phi) is 7.60. The highest BCUT2D eigenvalue weighted by Crippen LogP contribution is 2.33. The molecule has 0 radical (unpaired) electrons. The zero-order valence-electron chi connectivity index (χ0n) is 19.6. The first-order valence-electron chi connectivity index (χ1n) is 11.2. The van der Waals surface area contributed by atoms with E-state index < -0.39 is 0 Å². The molecule has 0 spiro atoms. The molecule has 3 aromatic rings. The number of aryl methyl sites for hydroxylation is 2. The first-order valence-corrected chi connectivity index (χ1v) is 13.7. The number of nitrogens with zero attached hydrogens (tertiary/aromatic N) is 3. The van der Waals surface area contributed by atoms with Gasteiger partial charge in [-0.3, -0.25) is 4.79 Å². The van der Waals surface area contributed by atoms with E-state index in [9.17, 15) is 4.79 Å². The first kappa shape index (κ1) is 23.6. The Labute approximate surface area is 204 Å². The second-order valence-corrected chi connectivity index (χ2v) is 9.96. The topological polar surface area (TPSA) is 58.1 Å². The van der Waals surface area contributed by atoms with Crippen LogP contribution in [0.4, 0.5) is 11.5 Å². The maximum atomic E-state index is 13.6. The molecule has 1 aromatic heterocycles. The Morgan fingerprint density at radius 2 is 1.64 bits per heavy atom. The minimum Gasteiger partial charge on any atom is -0.356 e. The Morgan fingerprint density at radius 3 is 2.27 bits per heavy atom. The molecular formula is C26H30N4OS2. The molecule has 1 amide bonds. The largest absolute Gasteiger partial charge is 0.356 e. The molecular weight excluding hydrogens is 448 g/mol. The number of hydrogen-bond acceptors (Lipinski definition) is 6. The van der Waals surface area contributed by atoms with Gasteiger partial charge in [-0.25, -0.2) is 9.97 Å². The lowest BCUT2D eigenvalue weighted by atomic mass is 10.1. The standard InChI is InChI=1S/C26H30N4OS2/c1-17-8-11-20(16-18(17)2)27-25(31)22-24(30-14-6-5-7-15-30)28-23(29-26(22)33-4)19-9-12-21(32-3)13-10-19/h8-13,16H,5-7,14-15H2,1-4H3,(H,27,31). The van der Waals surface area contributed by atoms with Gasteiger partial charge < -0.3 is 10.2 Å². The maximum absolute atomic E-state index is 13.6. The zero-order valence-corrected chi connectivity index (χ0v) is 21.3. The van der Waals surface area contributed by atoms with Gasteiger partial charge in [0.15, 0.2) is 5.82 Å². The lowest BCUT2D eigenvalue weighted by Crippen LogP contribution is -2.33. The summed E-state index contributed by atoms with van der Waals surface area (Å²) in [6.07, 6.45) is 7.46. The number of hydrogen-bond donors (Lipinski definition) is 1. The molecule has 2 aromatic carbocycles. The van der Waals surface area contributed by atoms with E-state index in [1.807, 2.05) is 24.5 Å². The second-order valence-electron chi connectivity index (χ2n) is 8.28. The molecule has 4 rings (SSSR count). The SMILES string of the molecule is CSc1ccc(-c2nc(SC)c(C(=O)Nc3ccc(C)c(C)c3)c(N3CCCCC3)n2)cc1. The van der Waals surface area contributed by atoms with Gasteiger partial charge in [-0.1, -0.05) is 18.2 Å². The molecule has 5 nitrogen and oxygen atoms in total. The number of aromatic nitrogens is 2. The zero-order chi connectivity index (χ0) is 23.4. The smallest absolute Gasteiger partial charge is 0.262 e. The molecule has 0 unspecified atom stereocenters. The summed E-state index contributed by atoms with van der Waals surface area (Å²) in [5, 5.41) is 3.80. The third kappa shape index (κ3) is 5.36. The van der Waals surface area contributed by atoms with Gasteiger partial charge in [0.25, 0.3) is 5.91 Å². The number of rotatable bonds is 6. The molecule has 2 heterocycles. The van der Waals surface area contributed by atoms with Crippen LogP contribution in [0.15, 0.2) is 52.4 Å². The van der Waals surface area contributed by atoms with Crippen molar-refractivity contribution in [3.8, 4) is 11.4 Å². The van der Waals surface area contributed by atoms with Crippen molar-refractivity contribution in [2.24, 2.45) is 0 Å². The van der Waals surface area contributed by atoms with Gasteiger partial charge in [0.05, 0.1) is 0 Å². The molecule has 0 saturated carbocycles. The van der Waals surface area contributed by atoms with E-state index >= 15 is 0 Å². The van der Waals surface area contributed by atoms with Crippen molar-refractivity contribution in [1.82, 2.24) is 9.97 Å². The van der Waals surface area contributed by atoms with Crippen LogP contribution in [0.25, 0.3) is 11.4 Å². The molecule has 0 bridgehead atoms. The van der Waals surface area contributed by atoms with Crippen molar-refractivity contribution < 1.29 is 4.79 Å². The number of carbonyl (C=O) groups is 1. The molecule has 172 valence electrons. The van der Waals surface area contributed by atoms with E-state index in [-0.39, 0.29) is 5.91 Å². The van der Waals surface area contributed by atoms with E-state index in [1.165, 1.54) is 28.6 Å². The van der Waals surface area contributed by atoms with Gasteiger partial charge in [-0.05, 0) is 81.0 Å². The van der Waals surface area contributed by atoms with Crippen molar-refractivity contribution in [1.29, 1.82) is 0 Å². The molecule has 7 heteroatoms. The van der Waals surface area contributed by atoms with E-state index in [1.54, 1.807) is 11.8 Å². The Bertz CT molecular complexity index is 1140. The number of amides is 1. The van der Waals surface area contributed by atoms with Crippen LogP contribution in [0.3, 0.4) is 0 Å². The fraction of sp³-hybridized carbons (Fsp3) is 0.346. The van der Waals surface area contributed by atoms with E-state index in [0.29, 0.717) is 16.4 Å². The van der Waals surface area contributed by atoms with Gasteiger partial charge in [0.1, 0.15) is 16.4 Å². The van der Waals surface area contributed by atoms with Crippen LogP contribution in [0.5, 0.6) is 0 Å². The van der Waals surface area contributed by atoms with Gasteiger partial charge in [-0.15, -0.1) is 23.5 Å². The fourth-order valence-corrected chi connectivity index (χ4v) is 4.97. The van der Waals surface area contributed by atoms with E-state index in [0.717, 1.165) is 48.6 Å². The predicted molar refractivity (Wildman–Crippen MR) is 141 cm³/mol. The lowest BCUT2D eigenvalue weighted by Gasteiger charge is -2.30. The highest BCUT2D eigenvalue weighted by Gasteiger charge is 2.26. The number of nitrogens with one attached hydrogen (secondary N) is 1. The predicted octanol–water partition coefficient (Wildman–Crippen LogP) is 6.45. The minimum atomic E-state index is -0.160. The van der Waals surface area contributed by atoms with Crippen molar-refractivity contribution in [3.05, 3.63) is 59.2 Å². The monoisotopic (exact) mass is 478 g/mol. The van der Waals surface area contributed by atoms with Crippen LogP contribution >= 0.6 is 23.5 Å². The van der Waals surface area contributed by atoms with Crippen molar-refractivity contribution in [2.75, 3.05) is 35.8 Å². The Morgan fingerprint density at radius 1 is 0.909 bits per heavy atom. The summed E-state index contributed by atoms with van der Waals surface area (Å²) in [5.74, 6) is 1.24. The Balaban J connectivity index is 1.77. The molecule has 1 saturated heterocycles. The minimum absolute atomic E-state index is 0.160. The molecule has 0 atom stereocenters. The third-order valence-corrected chi connectivity index (χ3v) is 7.47. The molecule has 1 aliphatic rings. The summed E-state index contributed by atoms with van der Waals surface area (Å²) in [7, 11) is 0. The van der Waals surface area contributed by atoms with Gasteiger partial charge in [-0.2, -0.15) is 0 Å². The quantitative estimate of drug-likeness (QED) is 0.325. The third-order valence-electron chi connectivity index (χ3n) is 6.05. The summed E-state index contributed by atoms with van der Waals surface area (Å²) in [6.45, 7) is 5.93. The second kappa shape index (κ2) is 10.6. The molecule has 33 heavy (non-hydrogen) atoms. The van der Waals surface area contributed by atoms with Gasteiger partial charge in [0, 0.05) is 29.2 Å². The van der Waals surface area contributed by atoms with Gasteiger partial charge >= 0.3 is 0 Å². The van der Waals surface area contributed by atoms with Crippen LogP contribution in [-0.2, 0) is 0 Å². The number of thioether (sulfide) groups is 2. The molecule has 0 aliphatic carbocycles. The average molecular weight is 479 g/mol. The number of carbonyl (C=O) groups excluding carboxylic acids is 1. The molecule has 1 N–H and O–H groups in total. The van der Waals surface area contributed by atoms with Crippen LogP contribution in [0.1, 0.15) is 40.7 Å². The summed E-state index contributed by atoms with van der Waals surface area (Å²) >= 11 is 3.20. The molecule has 1 fully saturated rings. The van der Waals surface area contributed by atoms with Crippen LogP contribution in [-0.4, -0.2) is 41.5 Å². The molecule has 1 aliphatic heterocycles. The Hall–Kier alpha value is -2.51. The first-order chi connectivity index (χ1) is 16.0. The van der Waals surface area contributed by atoms with E-state index in [2.05, 4.69) is 54.6 Å². The number of piperidine rings is 1. The highest BCUT2D eigenvalue weighted by atomic mass is 32.2. The lowest BCUT2D eigenvalue weighted by molar-refractivity contribution is 0.102. The van der Waals surface area contributed by atoms with Crippen LogP contribution < -0.4 is 10.2 Å². The number of anilines is 2. The summed E-state index contributed by atoms with van der Waals surface area (Å²) in [6, 6.07) is 14.3. The summed E-state index contributed by atoms with van der Waals surface area (Å²) in [4.78, 5) is 26.8. The van der Waals surface area contributed by atoms with Crippen molar-refractivity contribution in [3.63, 3.8) is 0 Å². The van der Waals surface area contributed by atoms with Gasteiger partial charge in [0.2, 0.25) is 0 Å². The maximum Gasteiger partial charge on any atom is 0.262 e. The highest BCUT2D eigenvalue weighted by molar-refractivity contribution is 7.98. The van der Waals surface area contributed by atoms with E-state index in [4.69, 9.17) is 9.97 Å². The van der Waals surface area contributed by atoms with Crippen LogP contribution in [0.2, 0.25) is 0 Å². The number of benzene rings is 2. The van der Waals surface area contributed by atoms with Crippen LogP contribution in [0, 0.1) is 13.8 Å². The summed E-state index contributed by atoms with van der Waals surface area (Å²) < 4.78 is 0. The van der Waals surface area contributed by atoms with Crippen molar-refractivity contribution >= 4 is 40.9 Å². The normalized spacial score (nSPS) is 13.8.